The van der Waals surface area contributed by atoms with Crippen molar-refractivity contribution in [2.45, 2.75) is 48.6 Å². The van der Waals surface area contributed by atoms with Gasteiger partial charge in [-0.15, -0.1) is 0 Å². The average molecular weight is 442 g/mol. The van der Waals surface area contributed by atoms with Gasteiger partial charge in [0.1, 0.15) is 17.2 Å². The quantitative estimate of drug-likeness (QED) is 0.616. The summed E-state index contributed by atoms with van der Waals surface area (Å²) in [6, 6.07) is 1.46. The SMILES string of the molecule is Cn1cnc(-c2c(C(F)(F)F)cc(F)c3[nH]c(S(=O)(=O)C4CCC45CCC5)cc23)n1. The van der Waals surface area contributed by atoms with Crippen molar-refractivity contribution in [3.63, 3.8) is 0 Å². The van der Waals surface area contributed by atoms with Crippen LogP contribution in [0.4, 0.5) is 17.6 Å². The molecule has 1 N–H and O–H groups in total. The molecule has 2 fully saturated rings. The molecule has 0 aliphatic heterocycles. The van der Waals surface area contributed by atoms with Crippen LogP contribution >= 0.6 is 0 Å². The number of aromatic nitrogens is 4. The van der Waals surface area contributed by atoms with E-state index in [1.807, 2.05) is 0 Å². The summed E-state index contributed by atoms with van der Waals surface area (Å²) < 4.78 is 83.3. The number of aryl methyl sites for hydroxylation is 1. The molecule has 1 unspecified atom stereocenters. The summed E-state index contributed by atoms with van der Waals surface area (Å²) in [5, 5.41) is 2.88. The second-order valence-electron chi connectivity index (χ2n) is 8.23. The lowest BCUT2D eigenvalue weighted by atomic mass is 9.56. The number of nitrogens with zero attached hydrogens (tertiary/aromatic N) is 3. The number of aromatic amines is 1. The zero-order chi connectivity index (χ0) is 21.5. The van der Waals surface area contributed by atoms with Crippen molar-refractivity contribution < 1.29 is 26.0 Å². The molecule has 2 saturated carbocycles. The molecule has 2 heterocycles. The number of fused-ring (bicyclic) bond motifs is 1. The Balaban J connectivity index is 1.74. The molecule has 5 rings (SSSR count). The molecule has 6 nitrogen and oxygen atoms in total. The molecule has 2 aliphatic carbocycles. The first-order valence-electron chi connectivity index (χ1n) is 9.55. The van der Waals surface area contributed by atoms with Crippen LogP contribution in [0.5, 0.6) is 0 Å². The van der Waals surface area contributed by atoms with Crippen molar-refractivity contribution in [1.82, 2.24) is 19.7 Å². The van der Waals surface area contributed by atoms with Crippen molar-refractivity contribution in [2.24, 2.45) is 12.5 Å². The van der Waals surface area contributed by atoms with Crippen molar-refractivity contribution in [1.29, 1.82) is 0 Å². The molecule has 3 aromatic rings. The summed E-state index contributed by atoms with van der Waals surface area (Å²) >= 11 is 0. The lowest BCUT2D eigenvalue weighted by Crippen LogP contribution is -2.53. The van der Waals surface area contributed by atoms with E-state index in [4.69, 9.17) is 0 Å². The first-order chi connectivity index (χ1) is 14.0. The van der Waals surface area contributed by atoms with Gasteiger partial charge >= 0.3 is 6.18 Å². The molecule has 30 heavy (non-hydrogen) atoms. The Morgan fingerprint density at radius 2 is 1.97 bits per heavy atom. The summed E-state index contributed by atoms with van der Waals surface area (Å²) in [7, 11) is -2.35. The van der Waals surface area contributed by atoms with Crippen LogP contribution in [0.2, 0.25) is 0 Å². The number of benzene rings is 1. The number of nitrogens with one attached hydrogen (secondary N) is 1. The van der Waals surface area contributed by atoms with Crippen LogP contribution in [-0.4, -0.2) is 33.4 Å². The molecule has 0 saturated heterocycles. The maximum atomic E-state index is 14.6. The fraction of sp³-hybridized carbons (Fsp3) is 0.474. The maximum absolute atomic E-state index is 14.6. The number of alkyl halides is 3. The molecule has 0 bridgehead atoms. The number of halogens is 4. The van der Waals surface area contributed by atoms with Gasteiger partial charge in [-0.05, 0) is 43.2 Å². The molecule has 160 valence electrons. The first-order valence-corrected chi connectivity index (χ1v) is 11.1. The first kappa shape index (κ1) is 19.5. The Kier molecular flexibility index (Phi) is 3.94. The number of hydrogen-bond acceptors (Lipinski definition) is 4. The van der Waals surface area contributed by atoms with Crippen molar-refractivity contribution in [3.8, 4) is 11.4 Å². The Labute approximate surface area is 169 Å². The van der Waals surface area contributed by atoms with Crippen LogP contribution in [0.15, 0.2) is 23.5 Å². The maximum Gasteiger partial charge on any atom is 0.417 e. The summed E-state index contributed by atoms with van der Waals surface area (Å²) in [5.74, 6) is -1.43. The van der Waals surface area contributed by atoms with Gasteiger partial charge in [-0.2, -0.15) is 18.3 Å². The Hall–Kier alpha value is -2.43. The van der Waals surface area contributed by atoms with E-state index >= 15 is 0 Å². The highest BCUT2D eigenvalue weighted by atomic mass is 32.2. The van der Waals surface area contributed by atoms with Crippen molar-refractivity contribution >= 4 is 20.7 Å². The van der Waals surface area contributed by atoms with Gasteiger partial charge < -0.3 is 4.98 Å². The van der Waals surface area contributed by atoms with E-state index in [1.54, 1.807) is 0 Å². The lowest BCUT2D eigenvalue weighted by molar-refractivity contribution is -0.137. The molecule has 2 aromatic heterocycles. The van der Waals surface area contributed by atoms with Crippen molar-refractivity contribution in [3.05, 3.63) is 29.8 Å². The fourth-order valence-corrected chi connectivity index (χ4v) is 7.09. The predicted molar refractivity (Wildman–Crippen MR) is 99.7 cm³/mol. The highest BCUT2D eigenvalue weighted by molar-refractivity contribution is 7.92. The number of hydrogen-bond donors (Lipinski definition) is 1. The largest absolute Gasteiger partial charge is 0.417 e. The fourth-order valence-electron chi connectivity index (χ4n) is 4.81. The van der Waals surface area contributed by atoms with E-state index in [0.29, 0.717) is 12.5 Å². The number of sulfone groups is 1. The summed E-state index contributed by atoms with van der Waals surface area (Å²) in [5.41, 5.74) is -2.23. The minimum atomic E-state index is -4.87. The summed E-state index contributed by atoms with van der Waals surface area (Å²) in [6.07, 6.45) is 0.306. The van der Waals surface area contributed by atoms with E-state index in [2.05, 4.69) is 15.1 Å². The predicted octanol–water partition coefficient (Wildman–Crippen LogP) is 4.23. The standard InChI is InChI=1S/C19H18F4N4O2S/c1-27-9-24-17(26-27)15-10-7-14(25-16(10)12(20)8-11(15)19(21,22)23)30(28,29)13-3-6-18(13)4-2-5-18/h7-9,13,25H,2-6H2,1H3. The van der Waals surface area contributed by atoms with E-state index < -0.39 is 38.2 Å². The van der Waals surface area contributed by atoms with E-state index in [1.165, 1.54) is 18.1 Å². The Morgan fingerprint density at radius 1 is 1.23 bits per heavy atom. The van der Waals surface area contributed by atoms with Crippen LogP contribution in [0.3, 0.4) is 0 Å². The second kappa shape index (κ2) is 6.05. The minimum absolute atomic E-state index is 0.200. The molecule has 11 heteroatoms. The smallest absolute Gasteiger partial charge is 0.343 e. The van der Waals surface area contributed by atoms with Crippen LogP contribution < -0.4 is 0 Å². The number of rotatable bonds is 3. The third kappa shape index (κ3) is 2.63. The number of H-pyrrole nitrogens is 1. The van der Waals surface area contributed by atoms with Gasteiger partial charge in [0.15, 0.2) is 15.7 Å². The Morgan fingerprint density at radius 3 is 2.47 bits per heavy atom. The molecule has 1 aromatic carbocycles. The van der Waals surface area contributed by atoms with Crippen molar-refractivity contribution in [2.75, 3.05) is 0 Å². The van der Waals surface area contributed by atoms with Gasteiger partial charge in [-0.25, -0.2) is 17.8 Å². The van der Waals surface area contributed by atoms with E-state index in [0.717, 1.165) is 31.7 Å². The molecule has 1 spiro atoms. The molecule has 0 amide bonds. The zero-order valence-corrected chi connectivity index (χ0v) is 16.7. The zero-order valence-electron chi connectivity index (χ0n) is 15.9. The van der Waals surface area contributed by atoms with Gasteiger partial charge in [0.2, 0.25) is 0 Å². The van der Waals surface area contributed by atoms with Crippen LogP contribution in [0, 0.1) is 11.2 Å². The monoisotopic (exact) mass is 442 g/mol. The van der Waals surface area contributed by atoms with Crippen LogP contribution in [-0.2, 0) is 23.1 Å². The van der Waals surface area contributed by atoms with Crippen LogP contribution in [0.1, 0.15) is 37.7 Å². The Bertz CT molecular complexity index is 1270. The molecule has 2 aliphatic rings. The van der Waals surface area contributed by atoms with Gasteiger partial charge in [-0.3, -0.25) is 4.68 Å². The van der Waals surface area contributed by atoms with Gasteiger partial charge in [0.25, 0.3) is 0 Å². The van der Waals surface area contributed by atoms with Gasteiger partial charge in [0.05, 0.1) is 16.3 Å². The average Bonchev–Trinajstić information content (AvgIpc) is 3.18. The summed E-state index contributed by atoms with van der Waals surface area (Å²) in [4.78, 5) is 6.43. The molecule has 1 atom stereocenters. The van der Waals surface area contributed by atoms with E-state index in [-0.39, 0.29) is 27.2 Å². The van der Waals surface area contributed by atoms with Gasteiger partial charge in [0, 0.05) is 18.0 Å². The lowest BCUT2D eigenvalue weighted by Gasteiger charge is -2.55. The normalized spacial score (nSPS) is 21.0. The molecular weight excluding hydrogens is 424 g/mol. The van der Waals surface area contributed by atoms with Gasteiger partial charge in [-0.1, -0.05) is 6.42 Å². The highest BCUT2D eigenvalue weighted by Gasteiger charge is 2.57. The summed E-state index contributed by atoms with van der Waals surface area (Å²) in [6.45, 7) is 0. The van der Waals surface area contributed by atoms with Crippen LogP contribution in [0.25, 0.3) is 22.3 Å². The third-order valence-electron chi connectivity index (χ3n) is 6.59. The topological polar surface area (TPSA) is 80.6 Å². The highest BCUT2D eigenvalue weighted by Crippen LogP contribution is 2.59. The van der Waals surface area contributed by atoms with E-state index in [9.17, 15) is 26.0 Å². The third-order valence-corrected chi connectivity index (χ3v) is 8.91. The second-order valence-corrected chi connectivity index (χ2v) is 10.3. The molecule has 0 radical (unpaired) electrons. The molecular formula is C19H18F4N4O2S. The minimum Gasteiger partial charge on any atom is -0.343 e.